The Bertz CT molecular complexity index is 797. The summed E-state index contributed by atoms with van der Waals surface area (Å²) in [5, 5.41) is 9.93. The van der Waals surface area contributed by atoms with Crippen molar-refractivity contribution in [1.29, 1.82) is 0 Å². The number of nitrogens with one attached hydrogen (secondary N) is 1. The van der Waals surface area contributed by atoms with Crippen molar-refractivity contribution < 1.29 is 9.90 Å². The number of aliphatic carboxylic acids is 1. The molecule has 2 N–H and O–H groups in total. The molecule has 22 heavy (non-hydrogen) atoms. The quantitative estimate of drug-likeness (QED) is 0.765. The monoisotopic (exact) mass is 316 g/mol. The zero-order valence-electron chi connectivity index (χ0n) is 12.2. The highest BCUT2D eigenvalue weighted by molar-refractivity contribution is 5.91. The minimum atomic E-state index is -0.765. The second-order valence-electron chi connectivity index (χ2n) is 5.13. The Hall–Kier alpha value is -2.33. The van der Waals surface area contributed by atoms with Crippen molar-refractivity contribution in [2.45, 2.75) is 19.8 Å². The molecule has 114 valence electrons. The molecular formula is C17H17ClN2O2. The molecule has 0 amide bonds. The number of fused-ring (bicyclic) bond motifs is 1. The van der Waals surface area contributed by atoms with Gasteiger partial charge in [0.25, 0.3) is 0 Å². The molecule has 0 bridgehead atoms. The van der Waals surface area contributed by atoms with Gasteiger partial charge >= 0.3 is 5.97 Å². The number of hydrogen-bond donors (Lipinski definition) is 2. The van der Waals surface area contributed by atoms with Gasteiger partial charge in [-0.2, -0.15) is 0 Å². The van der Waals surface area contributed by atoms with Gasteiger partial charge in [-0.1, -0.05) is 6.07 Å². The first-order valence-electron chi connectivity index (χ1n) is 6.88. The van der Waals surface area contributed by atoms with E-state index in [2.05, 4.69) is 23.0 Å². The van der Waals surface area contributed by atoms with Gasteiger partial charge in [-0.15, -0.1) is 12.4 Å². The molecule has 0 aliphatic heterocycles. The number of nitrogens with zero attached hydrogens (tertiary/aromatic N) is 1. The van der Waals surface area contributed by atoms with Crippen molar-refractivity contribution in [3.63, 3.8) is 0 Å². The Morgan fingerprint density at radius 3 is 2.64 bits per heavy atom. The summed E-state index contributed by atoms with van der Waals surface area (Å²) in [6.07, 6.45) is 4.27. The molecule has 3 rings (SSSR count). The Balaban J connectivity index is 0.00000176. The predicted molar refractivity (Wildman–Crippen MR) is 89.5 cm³/mol. The van der Waals surface area contributed by atoms with E-state index in [4.69, 9.17) is 5.11 Å². The summed E-state index contributed by atoms with van der Waals surface area (Å²) in [5.41, 5.74) is 5.48. The smallest absolute Gasteiger partial charge is 0.303 e. The molecule has 0 aliphatic carbocycles. The molecule has 2 heterocycles. The number of pyridine rings is 1. The Kier molecular flexibility index (Phi) is 4.83. The lowest BCUT2D eigenvalue weighted by Gasteiger charge is -2.00. The normalized spacial score (nSPS) is 10.4. The molecule has 2 aromatic heterocycles. The van der Waals surface area contributed by atoms with Crippen LogP contribution in [0, 0.1) is 6.92 Å². The molecule has 0 unspecified atom stereocenters. The van der Waals surface area contributed by atoms with E-state index in [1.165, 1.54) is 5.56 Å². The van der Waals surface area contributed by atoms with Gasteiger partial charge in [0.15, 0.2) is 0 Å². The van der Waals surface area contributed by atoms with Crippen molar-refractivity contribution in [2.75, 3.05) is 0 Å². The third kappa shape index (κ3) is 3.12. The first-order chi connectivity index (χ1) is 10.1. The first-order valence-corrected chi connectivity index (χ1v) is 6.88. The Morgan fingerprint density at radius 1 is 1.23 bits per heavy atom. The summed E-state index contributed by atoms with van der Waals surface area (Å²) in [6, 6.07) is 10.0. The summed E-state index contributed by atoms with van der Waals surface area (Å²) >= 11 is 0. The largest absolute Gasteiger partial charge is 0.481 e. The molecule has 0 aliphatic rings. The van der Waals surface area contributed by atoms with E-state index >= 15 is 0 Å². The van der Waals surface area contributed by atoms with Crippen LogP contribution in [-0.4, -0.2) is 21.0 Å². The summed E-state index contributed by atoms with van der Waals surface area (Å²) in [4.78, 5) is 18.1. The number of hydrogen-bond acceptors (Lipinski definition) is 2. The molecular weight excluding hydrogens is 300 g/mol. The van der Waals surface area contributed by atoms with Gasteiger partial charge < -0.3 is 10.1 Å². The molecule has 0 radical (unpaired) electrons. The van der Waals surface area contributed by atoms with Crippen LogP contribution in [0.3, 0.4) is 0 Å². The van der Waals surface area contributed by atoms with Gasteiger partial charge in [-0.3, -0.25) is 9.78 Å². The minimum Gasteiger partial charge on any atom is -0.481 e. The van der Waals surface area contributed by atoms with Crippen LogP contribution in [0.1, 0.15) is 17.5 Å². The third-order valence-corrected chi connectivity index (χ3v) is 3.72. The van der Waals surface area contributed by atoms with E-state index in [9.17, 15) is 4.79 Å². The number of carboxylic acids is 1. The van der Waals surface area contributed by atoms with E-state index in [0.29, 0.717) is 6.42 Å². The Morgan fingerprint density at radius 2 is 1.95 bits per heavy atom. The molecule has 0 fully saturated rings. The zero-order chi connectivity index (χ0) is 14.8. The number of carbonyl (C=O) groups is 1. The van der Waals surface area contributed by atoms with Gasteiger partial charge in [0.05, 0.1) is 0 Å². The zero-order valence-corrected chi connectivity index (χ0v) is 13.0. The van der Waals surface area contributed by atoms with Crippen LogP contribution in [0.15, 0.2) is 42.7 Å². The van der Waals surface area contributed by atoms with Gasteiger partial charge in [-0.25, -0.2) is 0 Å². The van der Waals surface area contributed by atoms with Crippen LogP contribution in [0.2, 0.25) is 0 Å². The molecule has 1 aromatic carbocycles. The van der Waals surface area contributed by atoms with Crippen LogP contribution in [-0.2, 0) is 11.2 Å². The van der Waals surface area contributed by atoms with E-state index in [1.807, 2.05) is 24.3 Å². The maximum Gasteiger partial charge on any atom is 0.303 e. The average Bonchev–Trinajstić information content (AvgIpc) is 2.83. The van der Waals surface area contributed by atoms with Gasteiger partial charge in [0.2, 0.25) is 0 Å². The van der Waals surface area contributed by atoms with Gasteiger partial charge in [0.1, 0.15) is 0 Å². The van der Waals surface area contributed by atoms with E-state index in [1.54, 1.807) is 12.4 Å². The van der Waals surface area contributed by atoms with Crippen LogP contribution >= 0.6 is 12.4 Å². The van der Waals surface area contributed by atoms with Crippen LogP contribution in [0.5, 0.6) is 0 Å². The molecule has 4 nitrogen and oxygen atoms in total. The van der Waals surface area contributed by atoms with E-state index in [-0.39, 0.29) is 18.8 Å². The fraction of sp³-hybridized carbons (Fsp3) is 0.176. The number of rotatable bonds is 4. The number of benzene rings is 1. The first kappa shape index (κ1) is 16.0. The minimum absolute atomic E-state index is 0. The SMILES string of the molecule is Cc1c(-c2ccncc2)[nH]c2ccc(CCC(=O)O)cc12.Cl. The summed E-state index contributed by atoms with van der Waals surface area (Å²) in [6.45, 7) is 2.08. The van der Waals surface area contributed by atoms with Crippen LogP contribution in [0.4, 0.5) is 0 Å². The predicted octanol–water partition coefficient (Wildman–Crippen LogP) is 3.98. The highest BCUT2D eigenvalue weighted by Crippen LogP contribution is 2.30. The number of carboxylic acid groups (broad SMARTS) is 1. The highest BCUT2D eigenvalue weighted by atomic mass is 35.5. The van der Waals surface area contributed by atoms with Crippen LogP contribution in [0.25, 0.3) is 22.2 Å². The number of aromatic amines is 1. The third-order valence-electron chi connectivity index (χ3n) is 3.72. The molecule has 0 saturated heterocycles. The number of aryl methyl sites for hydroxylation is 2. The molecule has 0 saturated carbocycles. The average molecular weight is 317 g/mol. The van der Waals surface area contributed by atoms with Gasteiger partial charge in [0, 0.05) is 41.0 Å². The molecule has 5 heteroatoms. The lowest BCUT2D eigenvalue weighted by molar-refractivity contribution is -0.136. The molecule has 0 atom stereocenters. The second-order valence-corrected chi connectivity index (χ2v) is 5.13. The standard InChI is InChI=1S/C17H16N2O2.ClH/c1-11-14-10-12(3-5-16(20)21)2-4-15(14)19-17(11)13-6-8-18-9-7-13;/h2,4,6-10,19H,3,5H2,1H3,(H,20,21);1H. The van der Waals surface area contributed by atoms with E-state index < -0.39 is 5.97 Å². The van der Waals surface area contributed by atoms with Crippen LogP contribution < -0.4 is 0 Å². The lowest BCUT2D eigenvalue weighted by atomic mass is 10.0. The second kappa shape index (κ2) is 6.62. The summed E-state index contributed by atoms with van der Waals surface area (Å²) < 4.78 is 0. The fourth-order valence-electron chi connectivity index (χ4n) is 2.59. The number of H-pyrrole nitrogens is 1. The summed E-state index contributed by atoms with van der Waals surface area (Å²) in [5.74, 6) is -0.765. The maximum atomic E-state index is 10.7. The van der Waals surface area contributed by atoms with Gasteiger partial charge in [-0.05, 0) is 48.7 Å². The fourth-order valence-corrected chi connectivity index (χ4v) is 2.59. The van der Waals surface area contributed by atoms with Crippen molar-refractivity contribution in [3.05, 3.63) is 53.9 Å². The Labute approximate surface area is 134 Å². The number of aromatic nitrogens is 2. The molecule has 0 spiro atoms. The van der Waals surface area contributed by atoms with Crippen molar-refractivity contribution in [3.8, 4) is 11.3 Å². The number of halogens is 1. The highest BCUT2D eigenvalue weighted by Gasteiger charge is 2.10. The lowest BCUT2D eigenvalue weighted by Crippen LogP contribution is -1.97. The van der Waals surface area contributed by atoms with Crippen molar-refractivity contribution in [2.24, 2.45) is 0 Å². The van der Waals surface area contributed by atoms with E-state index in [0.717, 1.165) is 27.7 Å². The van der Waals surface area contributed by atoms with Crippen molar-refractivity contribution in [1.82, 2.24) is 9.97 Å². The molecule has 3 aromatic rings. The maximum absolute atomic E-state index is 10.7. The van der Waals surface area contributed by atoms with Crippen molar-refractivity contribution >= 4 is 29.3 Å². The topological polar surface area (TPSA) is 66.0 Å². The summed E-state index contributed by atoms with van der Waals surface area (Å²) in [7, 11) is 0.